The molecule has 0 bridgehead atoms. The smallest absolute Gasteiger partial charge is 0.329 e. The summed E-state index contributed by atoms with van der Waals surface area (Å²) in [5, 5.41) is 0. The second kappa shape index (κ2) is 4.84. The molecule has 0 fully saturated rings. The van der Waals surface area contributed by atoms with E-state index >= 15 is 0 Å². The number of esters is 2. The molecule has 86 valence electrons. The van der Waals surface area contributed by atoms with Crippen molar-refractivity contribution in [2.45, 2.75) is 26.7 Å². The van der Waals surface area contributed by atoms with Crippen molar-refractivity contribution in [3.8, 4) is 11.8 Å². The monoisotopic (exact) mass is 222 g/mol. The average molecular weight is 222 g/mol. The second-order valence-corrected chi connectivity index (χ2v) is 3.59. The predicted molar refractivity (Wildman–Crippen MR) is 57.0 cm³/mol. The maximum absolute atomic E-state index is 11.8. The first-order chi connectivity index (χ1) is 7.56. The zero-order chi connectivity index (χ0) is 12.2. The van der Waals surface area contributed by atoms with E-state index in [0.29, 0.717) is 5.76 Å². The number of carbonyl (C=O) groups excluding carboxylic acids is 2. The molecule has 1 rings (SSSR count). The lowest BCUT2D eigenvalue weighted by molar-refractivity contribution is -0.169. The molecule has 0 aromatic rings. The molecule has 1 aliphatic rings. The molecule has 1 unspecified atom stereocenters. The summed E-state index contributed by atoms with van der Waals surface area (Å²) in [6, 6.07) is 0. The number of hydrogen-bond donors (Lipinski definition) is 0. The van der Waals surface area contributed by atoms with Gasteiger partial charge in [0.1, 0.15) is 5.76 Å². The number of cyclic esters (lactones) is 1. The van der Waals surface area contributed by atoms with Crippen LogP contribution in [0, 0.1) is 17.3 Å². The van der Waals surface area contributed by atoms with Gasteiger partial charge in [0, 0.05) is 6.42 Å². The van der Waals surface area contributed by atoms with Crippen LogP contribution in [0.2, 0.25) is 0 Å². The molecule has 4 heteroatoms. The molecule has 0 spiro atoms. The summed E-state index contributed by atoms with van der Waals surface area (Å²) < 4.78 is 9.63. The van der Waals surface area contributed by atoms with Crippen molar-refractivity contribution < 1.29 is 19.1 Å². The number of allylic oxidation sites excluding steroid dienone is 2. The molecule has 0 saturated heterocycles. The molecule has 0 amide bonds. The van der Waals surface area contributed by atoms with Gasteiger partial charge < -0.3 is 9.47 Å². The summed E-state index contributed by atoms with van der Waals surface area (Å²) in [6.07, 6.45) is 2.10. The summed E-state index contributed by atoms with van der Waals surface area (Å²) in [5.41, 5.74) is -1.29. The van der Waals surface area contributed by atoms with E-state index < -0.39 is 17.4 Å². The van der Waals surface area contributed by atoms with Crippen molar-refractivity contribution in [3.63, 3.8) is 0 Å². The van der Waals surface area contributed by atoms with Gasteiger partial charge in [0.25, 0.3) is 0 Å². The van der Waals surface area contributed by atoms with Crippen molar-refractivity contribution in [1.82, 2.24) is 0 Å². The molecular weight excluding hydrogens is 208 g/mol. The molecule has 4 nitrogen and oxygen atoms in total. The minimum Gasteiger partial charge on any atom is -0.468 e. The Labute approximate surface area is 94.6 Å². The minimum atomic E-state index is -1.29. The van der Waals surface area contributed by atoms with Gasteiger partial charge in [-0.1, -0.05) is 0 Å². The lowest BCUT2D eigenvalue weighted by Gasteiger charge is -2.29. The molecule has 1 atom stereocenters. The highest BCUT2D eigenvalue weighted by atomic mass is 16.6. The number of ether oxygens (including phenoxy) is 2. The summed E-state index contributed by atoms with van der Waals surface area (Å²) in [4.78, 5) is 23.5. The Hall–Kier alpha value is -1.76. The van der Waals surface area contributed by atoms with Gasteiger partial charge >= 0.3 is 11.9 Å². The average Bonchev–Trinajstić information content (AvgIpc) is 2.27. The maximum atomic E-state index is 11.8. The Morgan fingerprint density at radius 3 is 2.88 bits per heavy atom. The highest BCUT2D eigenvalue weighted by Gasteiger charge is 2.49. The minimum absolute atomic E-state index is 0.124. The third-order valence-corrected chi connectivity index (χ3v) is 2.53. The highest BCUT2D eigenvalue weighted by molar-refractivity contribution is 6.01. The van der Waals surface area contributed by atoms with Crippen LogP contribution in [0.3, 0.4) is 0 Å². The second-order valence-electron chi connectivity index (χ2n) is 3.59. The Kier molecular flexibility index (Phi) is 3.73. The molecule has 0 N–H and O–H groups in total. The zero-order valence-corrected chi connectivity index (χ0v) is 9.62. The number of rotatable bonds is 2. The van der Waals surface area contributed by atoms with Crippen molar-refractivity contribution in [1.29, 1.82) is 0 Å². The van der Waals surface area contributed by atoms with Gasteiger partial charge in [0.2, 0.25) is 0 Å². The van der Waals surface area contributed by atoms with E-state index in [-0.39, 0.29) is 12.8 Å². The first-order valence-corrected chi connectivity index (χ1v) is 4.94. The Morgan fingerprint density at radius 1 is 1.69 bits per heavy atom. The van der Waals surface area contributed by atoms with Crippen LogP contribution in [0.1, 0.15) is 26.7 Å². The van der Waals surface area contributed by atoms with Gasteiger partial charge in [-0.15, -0.1) is 11.8 Å². The SMILES string of the molecule is CC#CCC1(C(=O)OC)CC=C(C)OC1=O. The standard InChI is InChI=1S/C12H14O4/c1-4-5-7-12(10(13)15-3)8-6-9(2)16-11(12)14/h6H,7-8H2,1-3H3. The first kappa shape index (κ1) is 12.3. The fourth-order valence-electron chi connectivity index (χ4n) is 1.50. The van der Waals surface area contributed by atoms with E-state index in [1.54, 1.807) is 19.9 Å². The summed E-state index contributed by atoms with van der Waals surface area (Å²) in [6.45, 7) is 3.32. The fraction of sp³-hybridized carbons (Fsp3) is 0.500. The summed E-state index contributed by atoms with van der Waals surface area (Å²) in [5.74, 6) is 4.74. The van der Waals surface area contributed by atoms with Gasteiger partial charge in [-0.3, -0.25) is 9.59 Å². The lowest BCUT2D eigenvalue weighted by atomic mass is 9.80. The zero-order valence-electron chi connectivity index (χ0n) is 9.62. The quantitative estimate of drug-likeness (QED) is 0.402. The molecule has 0 saturated carbocycles. The van der Waals surface area contributed by atoms with Crippen LogP contribution in [-0.4, -0.2) is 19.0 Å². The molecular formula is C12H14O4. The number of hydrogen-bond acceptors (Lipinski definition) is 4. The van der Waals surface area contributed by atoms with Gasteiger partial charge in [0.15, 0.2) is 5.41 Å². The van der Waals surface area contributed by atoms with E-state index in [1.165, 1.54) is 7.11 Å². The normalized spacial score (nSPS) is 23.7. The summed E-state index contributed by atoms with van der Waals surface area (Å²) >= 11 is 0. The van der Waals surface area contributed by atoms with Crippen molar-refractivity contribution in [2.24, 2.45) is 5.41 Å². The number of methoxy groups -OCH3 is 1. The molecule has 0 aliphatic carbocycles. The highest BCUT2D eigenvalue weighted by Crippen LogP contribution is 2.35. The van der Waals surface area contributed by atoms with Gasteiger partial charge in [-0.25, -0.2) is 0 Å². The number of carbonyl (C=O) groups is 2. The topological polar surface area (TPSA) is 52.6 Å². The van der Waals surface area contributed by atoms with Crippen LogP contribution in [-0.2, 0) is 19.1 Å². The Balaban J connectivity index is 3.08. The largest absolute Gasteiger partial charge is 0.468 e. The molecule has 16 heavy (non-hydrogen) atoms. The first-order valence-electron chi connectivity index (χ1n) is 4.94. The van der Waals surface area contributed by atoms with Gasteiger partial charge in [-0.2, -0.15) is 0 Å². The van der Waals surface area contributed by atoms with Crippen LogP contribution in [0.4, 0.5) is 0 Å². The summed E-state index contributed by atoms with van der Waals surface area (Å²) in [7, 11) is 1.25. The van der Waals surface area contributed by atoms with Crippen molar-refractivity contribution in [3.05, 3.63) is 11.8 Å². The van der Waals surface area contributed by atoms with Gasteiger partial charge in [-0.05, 0) is 26.3 Å². The molecule has 0 aromatic heterocycles. The molecule has 1 heterocycles. The van der Waals surface area contributed by atoms with E-state index in [2.05, 4.69) is 16.6 Å². The van der Waals surface area contributed by atoms with Crippen LogP contribution < -0.4 is 0 Å². The van der Waals surface area contributed by atoms with Crippen molar-refractivity contribution in [2.75, 3.05) is 7.11 Å². The van der Waals surface area contributed by atoms with Gasteiger partial charge in [0.05, 0.1) is 7.11 Å². The van der Waals surface area contributed by atoms with E-state index in [0.717, 1.165) is 0 Å². The lowest BCUT2D eigenvalue weighted by Crippen LogP contribution is -2.42. The van der Waals surface area contributed by atoms with Crippen molar-refractivity contribution >= 4 is 11.9 Å². The third kappa shape index (κ3) is 2.08. The van der Waals surface area contributed by atoms with Crippen LogP contribution in [0.25, 0.3) is 0 Å². The van der Waals surface area contributed by atoms with Crippen LogP contribution in [0.5, 0.6) is 0 Å². The molecule has 1 aliphatic heterocycles. The van der Waals surface area contributed by atoms with Crippen LogP contribution in [0.15, 0.2) is 11.8 Å². The van der Waals surface area contributed by atoms with E-state index in [4.69, 9.17) is 4.74 Å². The Bertz CT molecular complexity index is 397. The van der Waals surface area contributed by atoms with E-state index in [1.807, 2.05) is 0 Å². The molecule has 0 aromatic carbocycles. The Morgan fingerprint density at radius 2 is 2.38 bits per heavy atom. The van der Waals surface area contributed by atoms with Crippen LogP contribution >= 0.6 is 0 Å². The predicted octanol–water partition coefficient (Wildman–Crippen LogP) is 1.41. The maximum Gasteiger partial charge on any atom is 0.329 e. The fourth-order valence-corrected chi connectivity index (χ4v) is 1.50. The molecule has 0 radical (unpaired) electrons. The third-order valence-electron chi connectivity index (χ3n) is 2.53. The van der Waals surface area contributed by atoms with E-state index in [9.17, 15) is 9.59 Å².